The molecule has 0 amide bonds. The number of aromatic nitrogens is 4. The van der Waals surface area contributed by atoms with Crippen LogP contribution in [-0.4, -0.2) is 67.9 Å². The molecule has 224 valence electrons. The van der Waals surface area contributed by atoms with Gasteiger partial charge in [-0.05, 0) is 82.4 Å². The van der Waals surface area contributed by atoms with Gasteiger partial charge in [-0.25, -0.2) is 19.9 Å². The molecule has 0 radical (unpaired) electrons. The van der Waals surface area contributed by atoms with Crippen molar-refractivity contribution in [2.75, 3.05) is 19.6 Å². The summed E-state index contributed by atoms with van der Waals surface area (Å²) >= 11 is 0. The monoisotopic (exact) mass is 568 g/mol. The van der Waals surface area contributed by atoms with E-state index in [0.29, 0.717) is 12.0 Å². The van der Waals surface area contributed by atoms with Gasteiger partial charge in [-0.3, -0.25) is 4.99 Å². The van der Waals surface area contributed by atoms with Gasteiger partial charge in [0.25, 0.3) is 0 Å². The Hall–Kier alpha value is -2.71. The Bertz CT molecular complexity index is 1270. The van der Waals surface area contributed by atoms with Gasteiger partial charge >= 0.3 is 0 Å². The number of hydrogen-bond acceptors (Lipinski definition) is 8. The molecule has 0 aromatic carbocycles. The van der Waals surface area contributed by atoms with E-state index in [4.69, 9.17) is 24.9 Å². The number of aliphatic imine (C=N–C) groups is 1. The van der Waals surface area contributed by atoms with Crippen LogP contribution in [0.4, 0.5) is 0 Å². The fraction of sp³-hybridized carbons (Fsp3) is 0.676. The minimum Gasteiger partial charge on any atom is -0.345 e. The normalized spacial score (nSPS) is 32.4. The first kappa shape index (κ1) is 28.1. The van der Waals surface area contributed by atoms with Crippen molar-refractivity contribution in [3.63, 3.8) is 0 Å². The van der Waals surface area contributed by atoms with Crippen LogP contribution >= 0.6 is 0 Å². The highest BCUT2D eigenvalue weighted by Gasteiger charge is 2.55. The summed E-state index contributed by atoms with van der Waals surface area (Å²) in [6.45, 7) is 5.34. The van der Waals surface area contributed by atoms with E-state index in [-0.39, 0.29) is 17.1 Å². The minimum atomic E-state index is -0.0442. The van der Waals surface area contributed by atoms with Crippen molar-refractivity contribution in [3.05, 3.63) is 54.1 Å². The summed E-state index contributed by atoms with van der Waals surface area (Å²) in [6, 6.07) is 4.45. The molecule has 0 spiro atoms. The summed E-state index contributed by atoms with van der Waals surface area (Å²) in [4.78, 5) is 28.1. The smallest absolute Gasteiger partial charge is 0.178 e. The molecule has 2 N–H and O–H groups in total. The third-order valence-corrected chi connectivity index (χ3v) is 10.9. The Labute approximate surface area is 251 Å². The Balaban J connectivity index is 1.39. The van der Waals surface area contributed by atoms with E-state index in [2.05, 4.69) is 22.5 Å². The van der Waals surface area contributed by atoms with Crippen LogP contribution in [0.2, 0.25) is 0 Å². The van der Waals surface area contributed by atoms with Gasteiger partial charge in [-0.1, -0.05) is 39.0 Å². The zero-order valence-corrected chi connectivity index (χ0v) is 25.4. The maximum atomic E-state index is 5.81. The predicted molar refractivity (Wildman–Crippen MR) is 167 cm³/mol. The number of unbranched alkanes of at least 4 members (excludes halogenated alkanes) is 5. The van der Waals surface area contributed by atoms with E-state index in [0.717, 1.165) is 62.7 Å². The third-order valence-electron chi connectivity index (χ3n) is 10.9. The fourth-order valence-corrected chi connectivity index (χ4v) is 8.90. The van der Waals surface area contributed by atoms with Crippen molar-refractivity contribution in [1.82, 2.24) is 35.5 Å². The fourth-order valence-electron chi connectivity index (χ4n) is 8.90. The van der Waals surface area contributed by atoms with Crippen molar-refractivity contribution < 1.29 is 0 Å². The molecular weight excluding hydrogens is 520 g/mol. The molecule has 42 heavy (non-hydrogen) atoms. The number of piperidine rings is 2. The van der Waals surface area contributed by atoms with Crippen LogP contribution in [0.1, 0.15) is 108 Å². The van der Waals surface area contributed by atoms with Crippen LogP contribution in [0, 0.1) is 11.3 Å². The lowest BCUT2D eigenvalue weighted by atomic mass is 9.71. The molecule has 1 saturated carbocycles. The van der Waals surface area contributed by atoms with E-state index < -0.39 is 0 Å². The molecule has 7 rings (SSSR count). The molecule has 2 aromatic rings. The second-order valence-electron chi connectivity index (χ2n) is 13.6. The highest BCUT2D eigenvalue weighted by Crippen LogP contribution is 2.54. The SMILES string of the molecule is CCCCCCCCN1C(c2ncccn2)=C(C23CCC(CNC2)C3)C(c2ncccn2)=NC1C12CCCC(CC1)N2. The van der Waals surface area contributed by atoms with Crippen LogP contribution in [0.25, 0.3) is 5.70 Å². The molecular formula is C34H48N8. The standard InChI is InChI=1S/C34H48N8/c1-2-3-4-5-6-7-21-42-29(31-38-19-10-20-39-31)27(33-15-12-25(22-33)23-35-24-33)28(30-36-17-9-18-37-30)40-32(42)34-14-8-11-26(41-34)13-16-34/h9-10,17-20,25-26,32,35,41H,2-8,11-16,21-24H2,1H3. The average molecular weight is 569 g/mol. The van der Waals surface area contributed by atoms with Crippen molar-refractivity contribution in [1.29, 1.82) is 0 Å². The van der Waals surface area contributed by atoms with Crippen LogP contribution < -0.4 is 10.6 Å². The number of fused-ring (bicyclic) bond motifs is 4. The lowest BCUT2D eigenvalue weighted by Crippen LogP contribution is -2.62. The lowest BCUT2D eigenvalue weighted by Gasteiger charge is -2.50. The Morgan fingerprint density at radius 1 is 0.857 bits per heavy atom. The Morgan fingerprint density at radius 3 is 2.43 bits per heavy atom. The van der Waals surface area contributed by atoms with E-state index in [9.17, 15) is 0 Å². The summed E-state index contributed by atoms with van der Waals surface area (Å²) in [7, 11) is 0. The van der Waals surface area contributed by atoms with Crippen LogP contribution in [0.5, 0.6) is 0 Å². The van der Waals surface area contributed by atoms with Gasteiger partial charge < -0.3 is 15.5 Å². The van der Waals surface area contributed by atoms with Crippen molar-refractivity contribution in [3.8, 4) is 0 Å². The number of nitrogens with one attached hydrogen (secondary N) is 2. The third kappa shape index (κ3) is 5.19. The predicted octanol–water partition coefficient (Wildman–Crippen LogP) is 5.53. The molecule has 3 saturated heterocycles. The van der Waals surface area contributed by atoms with Gasteiger partial charge in [0.05, 0.1) is 11.2 Å². The van der Waals surface area contributed by atoms with Gasteiger partial charge in [0.1, 0.15) is 11.9 Å². The van der Waals surface area contributed by atoms with E-state index >= 15 is 0 Å². The highest BCUT2D eigenvalue weighted by molar-refractivity contribution is 6.16. The molecule has 4 aliphatic heterocycles. The summed E-state index contributed by atoms with van der Waals surface area (Å²) in [5.41, 5.74) is 3.41. The molecule has 4 bridgehead atoms. The lowest BCUT2D eigenvalue weighted by molar-refractivity contribution is 0.127. The molecule has 5 atom stereocenters. The Kier molecular flexibility index (Phi) is 8.10. The molecule has 6 heterocycles. The van der Waals surface area contributed by atoms with Crippen molar-refractivity contribution >= 4 is 11.4 Å². The van der Waals surface area contributed by atoms with Gasteiger partial charge in [0.15, 0.2) is 11.6 Å². The summed E-state index contributed by atoms with van der Waals surface area (Å²) in [5.74, 6) is 2.27. The molecule has 8 heteroatoms. The Morgan fingerprint density at radius 2 is 1.62 bits per heavy atom. The van der Waals surface area contributed by atoms with Crippen LogP contribution in [0.15, 0.2) is 47.5 Å². The molecule has 5 unspecified atom stereocenters. The zero-order chi connectivity index (χ0) is 28.4. The highest BCUT2D eigenvalue weighted by atomic mass is 15.3. The van der Waals surface area contributed by atoms with E-state index in [1.54, 1.807) is 0 Å². The first-order valence-corrected chi connectivity index (χ1v) is 16.8. The number of hydrogen-bond donors (Lipinski definition) is 2. The van der Waals surface area contributed by atoms with Gasteiger partial charge in [0.2, 0.25) is 0 Å². The van der Waals surface area contributed by atoms with Gasteiger partial charge in [0, 0.05) is 54.9 Å². The van der Waals surface area contributed by atoms with E-state index in [1.807, 2.05) is 36.9 Å². The zero-order valence-electron chi connectivity index (χ0n) is 25.4. The first-order chi connectivity index (χ1) is 20.7. The quantitative estimate of drug-likeness (QED) is 0.344. The van der Waals surface area contributed by atoms with Crippen LogP contribution in [0.3, 0.4) is 0 Å². The van der Waals surface area contributed by atoms with Crippen molar-refractivity contribution in [2.45, 2.75) is 115 Å². The summed E-state index contributed by atoms with van der Waals surface area (Å²) in [5, 5.41) is 7.94. The summed E-state index contributed by atoms with van der Waals surface area (Å²) < 4.78 is 0. The topological polar surface area (TPSA) is 91.2 Å². The number of nitrogens with zero attached hydrogens (tertiary/aromatic N) is 6. The maximum absolute atomic E-state index is 5.81. The second-order valence-corrected chi connectivity index (χ2v) is 13.6. The molecule has 5 aliphatic rings. The largest absolute Gasteiger partial charge is 0.345 e. The maximum Gasteiger partial charge on any atom is 0.178 e. The molecule has 2 aromatic heterocycles. The van der Waals surface area contributed by atoms with Gasteiger partial charge in [-0.2, -0.15) is 0 Å². The second kappa shape index (κ2) is 12.1. The first-order valence-electron chi connectivity index (χ1n) is 16.8. The number of rotatable bonds is 11. The molecule has 8 nitrogen and oxygen atoms in total. The minimum absolute atomic E-state index is 0.0182. The molecule has 4 fully saturated rings. The van der Waals surface area contributed by atoms with Crippen molar-refractivity contribution in [2.24, 2.45) is 16.3 Å². The summed E-state index contributed by atoms with van der Waals surface area (Å²) in [6.07, 6.45) is 24.8. The van der Waals surface area contributed by atoms with Gasteiger partial charge in [-0.15, -0.1) is 0 Å². The molecule has 1 aliphatic carbocycles. The van der Waals surface area contributed by atoms with Crippen LogP contribution in [-0.2, 0) is 0 Å². The average Bonchev–Trinajstić information content (AvgIpc) is 3.52. The van der Waals surface area contributed by atoms with E-state index in [1.165, 1.54) is 75.5 Å².